The minimum Gasteiger partial charge on any atom is -0.493 e. The lowest BCUT2D eigenvalue weighted by atomic mass is 10.0. The molecule has 0 aliphatic carbocycles. The number of aryl methyl sites for hydroxylation is 1. The number of fused-ring (bicyclic) bond motifs is 1. The Labute approximate surface area is 174 Å². The number of halogens is 2. The fourth-order valence-corrected chi connectivity index (χ4v) is 3.37. The predicted molar refractivity (Wildman–Crippen MR) is 115 cm³/mol. The smallest absolute Gasteiger partial charge is 0.230 e. The minimum atomic E-state index is -0.518. The third-order valence-electron chi connectivity index (χ3n) is 5.01. The van der Waals surface area contributed by atoms with Crippen molar-refractivity contribution >= 4 is 11.1 Å². The van der Waals surface area contributed by atoms with E-state index in [1.54, 1.807) is 24.3 Å². The Balaban J connectivity index is 1.58. The van der Waals surface area contributed by atoms with E-state index in [-0.39, 0.29) is 11.5 Å². The molecule has 0 saturated heterocycles. The van der Waals surface area contributed by atoms with Crippen LogP contribution in [0.15, 0.2) is 59.0 Å². The van der Waals surface area contributed by atoms with Gasteiger partial charge in [-0.25, -0.2) is 13.8 Å². The third-order valence-corrected chi connectivity index (χ3v) is 5.01. The number of nitrogens with zero attached hydrogens (tertiary/aromatic N) is 1. The van der Waals surface area contributed by atoms with Crippen molar-refractivity contribution < 1.29 is 17.9 Å². The van der Waals surface area contributed by atoms with Crippen molar-refractivity contribution in [1.82, 2.24) is 4.98 Å². The summed E-state index contributed by atoms with van der Waals surface area (Å²) in [5.41, 5.74) is 3.32. The molecule has 0 radical (unpaired) electrons. The Morgan fingerprint density at radius 2 is 1.70 bits per heavy atom. The van der Waals surface area contributed by atoms with E-state index in [2.05, 4.69) is 11.9 Å². The van der Waals surface area contributed by atoms with Crippen molar-refractivity contribution in [1.29, 1.82) is 0 Å². The first-order valence-electron chi connectivity index (χ1n) is 10.1. The van der Waals surface area contributed by atoms with Crippen LogP contribution in [0.1, 0.15) is 31.7 Å². The van der Waals surface area contributed by atoms with Crippen molar-refractivity contribution in [2.75, 3.05) is 6.61 Å². The van der Waals surface area contributed by atoms with Crippen molar-refractivity contribution in [2.45, 2.75) is 33.1 Å². The fourth-order valence-electron chi connectivity index (χ4n) is 3.37. The summed E-state index contributed by atoms with van der Waals surface area (Å²) in [6.07, 6.45) is 3.11. The lowest BCUT2D eigenvalue weighted by Gasteiger charge is -2.09. The zero-order valence-corrected chi connectivity index (χ0v) is 17.0. The van der Waals surface area contributed by atoms with E-state index in [9.17, 15) is 8.78 Å². The normalized spacial score (nSPS) is 11.2. The van der Waals surface area contributed by atoms with Gasteiger partial charge < -0.3 is 9.15 Å². The molecule has 0 atom stereocenters. The monoisotopic (exact) mass is 407 g/mol. The molecule has 0 fully saturated rings. The minimum absolute atomic E-state index is 0.205. The molecule has 5 heteroatoms. The van der Waals surface area contributed by atoms with E-state index < -0.39 is 11.6 Å². The molecule has 0 unspecified atom stereocenters. The lowest BCUT2D eigenvalue weighted by molar-refractivity contribution is 0.305. The van der Waals surface area contributed by atoms with Crippen LogP contribution in [0, 0.1) is 18.6 Å². The molecule has 0 N–H and O–H groups in total. The number of ether oxygens (including phenoxy) is 1. The van der Waals surface area contributed by atoms with Crippen molar-refractivity contribution in [3.05, 3.63) is 71.8 Å². The largest absolute Gasteiger partial charge is 0.493 e. The summed E-state index contributed by atoms with van der Waals surface area (Å²) in [4.78, 5) is 4.38. The number of hydrogen-bond donors (Lipinski definition) is 0. The summed E-state index contributed by atoms with van der Waals surface area (Å²) in [6, 6.07) is 14.8. The van der Waals surface area contributed by atoms with E-state index in [0.29, 0.717) is 34.6 Å². The molecular formula is C25H23F2NO2. The molecule has 1 heterocycles. The molecule has 0 bridgehead atoms. The van der Waals surface area contributed by atoms with Gasteiger partial charge in [0.25, 0.3) is 0 Å². The SMILES string of the molecule is CCCCCOc1ccc(-c2ccc(-c3nc4cc(C)ccc4o3)c(F)c2)c(F)c1. The zero-order valence-electron chi connectivity index (χ0n) is 17.0. The molecule has 1 aromatic heterocycles. The average molecular weight is 407 g/mol. The highest BCUT2D eigenvalue weighted by atomic mass is 19.1. The summed E-state index contributed by atoms with van der Waals surface area (Å²) in [5.74, 6) is -0.287. The summed E-state index contributed by atoms with van der Waals surface area (Å²) in [5, 5.41) is 0. The van der Waals surface area contributed by atoms with Gasteiger partial charge >= 0.3 is 0 Å². The maximum Gasteiger partial charge on any atom is 0.230 e. The molecule has 0 spiro atoms. The fraction of sp³-hybridized carbons (Fsp3) is 0.240. The predicted octanol–water partition coefficient (Wildman–Crippen LogP) is 7.32. The van der Waals surface area contributed by atoms with Gasteiger partial charge in [0.05, 0.1) is 12.2 Å². The molecule has 0 aliphatic heterocycles. The number of hydrogen-bond acceptors (Lipinski definition) is 3. The molecule has 154 valence electrons. The quantitative estimate of drug-likeness (QED) is 0.301. The second-order valence-corrected chi connectivity index (χ2v) is 7.38. The van der Waals surface area contributed by atoms with Crippen LogP contribution in [-0.4, -0.2) is 11.6 Å². The van der Waals surface area contributed by atoms with Gasteiger partial charge in [0.15, 0.2) is 5.58 Å². The highest BCUT2D eigenvalue weighted by molar-refractivity contribution is 5.77. The van der Waals surface area contributed by atoms with Crippen molar-refractivity contribution in [2.24, 2.45) is 0 Å². The Hall–Kier alpha value is -3.21. The number of rotatable bonds is 7. The number of benzene rings is 3. The summed E-state index contributed by atoms with van der Waals surface area (Å²) in [6.45, 7) is 4.63. The molecule has 3 aromatic carbocycles. The molecule has 4 aromatic rings. The highest BCUT2D eigenvalue weighted by Crippen LogP contribution is 2.32. The second kappa shape index (κ2) is 8.66. The number of unbranched alkanes of at least 4 members (excludes halogenated alkanes) is 2. The van der Waals surface area contributed by atoms with E-state index >= 15 is 0 Å². The van der Waals surface area contributed by atoms with Crippen LogP contribution in [0.4, 0.5) is 8.78 Å². The van der Waals surface area contributed by atoms with Gasteiger partial charge in [0.1, 0.15) is 22.9 Å². The first-order valence-corrected chi connectivity index (χ1v) is 10.1. The van der Waals surface area contributed by atoms with Gasteiger partial charge in [0.2, 0.25) is 5.89 Å². The average Bonchev–Trinajstić information content (AvgIpc) is 3.14. The van der Waals surface area contributed by atoms with E-state index in [1.165, 1.54) is 12.1 Å². The van der Waals surface area contributed by atoms with Crippen LogP contribution in [0.5, 0.6) is 5.75 Å². The third kappa shape index (κ3) is 4.20. The van der Waals surface area contributed by atoms with Gasteiger partial charge in [-0.05, 0) is 60.9 Å². The maximum absolute atomic E-state index is 14.8. The summed E-state index contributed by atoms with van der Waals surface area (Å²) < 4.78 is 40.7. The van der Waals surface area contributed by atoms with E-state index in [4.69, 9.17) is 9.15 Å². The molecule has 0 saturated carbocycles. The van der Waals surface area contributed by atoms with Crippen LogP contribution in [0.25, 0.3) is 33.7 Å². The summed E-state index contributed by atoms with van der Waals surface area (Å²) in [7, 11) is 0. The number of aromatic nitrogens is 1. The Kier molecular flexibility index (Phi) is 5.79. The van der Waals surface area contributed by atoms with Crippen LogP contribution in [-0.2, 0) is 0 Å². The standard InChI is InChI=1S/C25H23F2NO2/c1-3-4-5-12-29-18-8-10-19(22(27)15-18)17-7-9-20(21(26)14-17)25-28-23-13-16(2)6-11-24(23)30-25/h6-11,13-15H,3-5,12H2,1-2H3. The van der Waals surface area contributed by atoms with Gasteiger partial charge in [-0.15, -0.1) is 0 Å². The molecule has 0 aliphatic rings. The van der Waals surface area contributed by atoms with Gasteiger partial charge in [-0.1, -0.05) is 31.9 Å². The molecule has 3 nitrogen and oxygen atoms in total. The second-order valence-electron chi connectivity index (χ2n) is 7.38. The lowest BCUT2D eigenvalue weighted by Crippen LogP contribution is -1.98. The van der Waals surface area contributed by atoms with E-state index in [1.807, 2.05) is 25.1 Å². The number of oxazole rings is 1. The van der Waals surface area contributed by atoms with Crippen LogP contribution in [0.2, 0.25) is 0 Å². The van der Waals surface area contributed by atoms with Crippen molar-refractivity contribution in [3.8, 4) is 28.3 Å². The van der Waals surface area contributed by atoms with Crippen molar-refractivity contribution in [3.63, 3.8) is 0 Å². The van der Waals surface area contributed by atoms with Crippen LogP contribution in [0.3, 0.4) is 0 Å². The van der Waals surface area contributed by atoms with Gasteiger partial charge in [-0.3, -0.25) is 0 Å². The van der Waals surface area contributed by atoms with Gasteiger partial charge in [-0.2, -0.15) is 0 Å². The van der Waals surface area contributed by atoms with Crippen LogP contribution < -0.4 is 4.74 Å². The molecule has 4 rings (SSSR count). The van der Waals surface area contributed by atoms with Gasteiger partial charge in [0, 0.05) is 11.6 Å². The Morgan fingerprint density at radius 3 is 2.47 bits per heavy atom. The molecular weight excluding hydrogens is 384 g/mol. The molecule has 30 heavy (non-hydrogen) atoms. The maximum atomic E-state index is 14.8. The Bertz CT molecular complexity index is 1180. The summed E-state index contributed by atoms with van der Waals surface area (Å²) >= 11 is 0. The topological polar surface area (TPSA) is 35.3 Å². The zero-order chi connectivity index (χ0) is 21.1. The molecule has 0 amide bonds. The van der Waals surface area contributed by atoms with E-state index in [0.717, 1.165) is 24.8 Å². The first kappa shape index (κ1) is 20.1. The highest BCUT2D eigenvalue weighted by Gasteiger charge is 2.15. The van der Waals surface area contributed by atoms with Crippen LogP contribution >= 0.6 is 0 Å². The Morgan fingerprint density at radius 1 is 0.900 bits per heavy atom. The first-order chi connectivity index (χ1) is 14.5.